The van der Waals surface area contributed by atoms with Crippen LogP contribution in [0.25, 0.3) is 22.2 Å². The second-order valence-corrected chi connectivity index (χ2v) is 6.60. The van der Waals surface area contributed by atoms with Crippen molar-refractivity contribution >= 4 is 11.0 Å². The Kier molecular flexibility index (Phi) is 5.08. The van der Waals surface area contributed by atoms with E-state index in [1.807, 2.05) is 0 Å². The van der Waals surface area contributed by atoms with Crippen molar-refractivity contribution in [2.45, 2.75) is 19.4 Å². The first-order valence-electron chi connectivity index (χ1n) is 9.15. The summed E-state index contributed by atoms with van der Waals surface area (Å²) in [6, 6.07) is 25.8. The first-order valence-corrected chi connectivity index (χ1v) is 9.15. The Morgan fingerprint density at radius 3 is 2.46 bits per heavy atom. The van der Waals surface area contributed by atoms with E-state index in [4.69, 9.17) is 0 Å². The summed E-state index contributed by atoms with van der Waals surface area (Å²) in [6.07, 6.45) is 4.02. The Bertz CT molecular complexity index is 956. The molecule has 1 aromatic heterocycles. The highest BCUT2D eigenvalue weighted by Crippen LogP contribution is 2.23. The number of fused-ring (bicyclic) bond motifs is 1. The van der Waals surface area contributed by atoms with Crippen LogP contribution < -0.4 is 5.32 Å². The van der Waals surface area contributed by atoms with E-state index < -0.39 is 0 Å². The smallest absolute Gasteiger partial charge is 0.0931 e. The van der Waals surface area contributed by atoms with E-state index in [0.717, 1.165) is 37.0 Å². The summed E-state index contributed by atoms with van der Waals surface area (Å²) in [5.74, 6) is 0. The van der Waals surface area contributed by atoms with Gasteiger partial charge in [-0.3, -0.25) is 0 Å². The van der Waals surface area contributed by atoms with Crippen molar-refractivity contribution < 1.29 is 0 Å². The zero-order valence-electron chi connectivity index (χ0n) is 14.8. The van der Waals surface area contributed by atoms with Gasteiger partial charge in [0.05, 0.1) is 17.4 Å². The first-order chi connectivity index (χ1) is 12.9. The highest BCUT2D eigenvalue weighted by molar-refractivity contribution is 5.81. The zero-order valence-corrected chi connectivity index (χ0v) is 14.8. The number of hydrogen-bond donors (Lipinski definition) is 2. The zero-order chi connectivity index (χ0) is 17.6. The monoisotopic (exact) mass is 341 g/mol. The van der Waals surface area contributed by atoms with E-state index in [1.54, 1.807) is 6.33 Å². The van der Waals surface area contributed by atoms with Crippen molar-refractivity contribution in [3.63, 3.8) is 0 Å². The number of nitrogens with zero attached hydrogens (tertiary/aromatic N) is 1. The molecule has 0 aliphatic carbocycles. The van der Waals surface area contributed by atoms with Gasteiger partial charge in [-0.15, -0.1) is 0 Å². The molecule has 130 valence electrons. The van der Waals surface area contributed by atoms with Crippen LogP contribution in [-0.4, -0.2) is 16.5 Å². The molecule has 0 unspecified atom stereocenters. The summed E-state index contributed by atoms with van der Waals surface area (Å²) >= 11 is 0. The topological polar surface area (TPSA) is 40.7 Å². The number of rotatable bonds is 7. The molecule has 0 amide bonds. The number of aromatic nitrogens is 2. The SMILES string of the molecule is c1ccc(CCCNCc2ccc(-c3ccc4nc[nH]c4c3)cc2)cc1. The fourth-order valence-electron chi connectivity index (χ4n) is 3.23. The molecule has 1 heterocycles. The van der Waals surface area contributed by atoms with E-state index in [9.17, 15) is 0 Å². The molecule has 4 aromatic rings. The normalized spacial score (nSPS) is 11.1. The Balaban J connectivity index is 1.29. The van der Waals surface area contributed by atoms with Crippen LogP contribution in [0.4, 0.5) is 0 Å². The number of imidazole rings is 1. The number of nitrogens with one attached hydrogen (secondary N) is 2. The molecule has 0 spiro atoms. The van der Waals surface area contributed by atoms with Crippen LogP contribution in [0.1, 0.15) is 17.5 Å². The lowest BCUT2D eigenvalue weighted by Gasteiger charge is -2.07. The molecule has 0 radical (unpaired) electrons. The number of benzene rings is 3. The molecule has 26 heavy (non-hydrogen) atoms. The predicted molar refractivity (Wildman–Crippen MR) is 108 cm³/mol. The molecule has 3 heteroatoms. The third-order valence-electron chi connectivity index (χ3n) is 4.70. The molecule has 0 bridgehead atoms. The maximum Gasteiger partial charge on any atom is 0.0931 e. The molecule has 0 saturated carbocycles. The molecular weight excluding hydrogens is 318 g/mol. The summed E-state index contributed by atoms with van der Waals surface area (Å²) in [4.78, 5) is 7.44. The van der Waals surface area contributed by atoms with Crippen molar-refractivity contribution in [1.29, 1.82) is 0 Å². The summed E-state index contributed by atoms with van der Waals surface area (Å²) in [5, 5.41) is 3.54. The van der Waals surface area contributed by atoms with Gasteiger partial charge < -0.3 is 10.3 Å². The minimum atomic E-state index is 0.911. The summed E-state index contributed by atoms with van der Waals surface area (Å²) in [6.45, 7) is 1.95. The van der Waals surface area contributed by atoms with Gasteiger partial charge in [-0.2, -0.15) is 0 Å². The second-order valence-electron chi connectivity index (χ2n) is 6.60. The van der Waals surface area contributed by atoms with Crippen molar-refractivity contribution in [3.8, 4) is 11.1 Å². The molecule has 0 aliphatic heterocycles. The minimum absolute atomic E-state index is 0.911. The second kappa shape index (κ2) is 7.98. The molecule has 0 atom stereocenters. The standard InChI is InChI=1S/C23H23N3/c1-2-5-18(6-3-1)7-4-14-24-16-19-8-10-20(11-9-19)21-12-13-22-23(15-21)26-17-25-22/h1-3,5-6,8-13,15,17,24H,4,7,14,16H2,(H,25,26). The predicted octanol–water partition coefficient (Wildman–Crippen LogP) is 4.95. The fraction of sp³-hybridized carbons (Fsp3) is 0.174. The van der Waals surface area contributed by atoms with Gasteiger partial charge in [0.25, 0.3) is 0 Å². The molecule has 0 fully saturated rings. The van der Waals surface area contributed by atoms with Gasteiger partial charge in [0, 0.05) is 6.54 Å². The van der Waals surface area contributed by atoms with Crippen LogP contribution in [0, 0.1) is 0 Å². The van der Waals surface area contributed by atoms with E-state index in [0.29, 0.717) is 0 Å². The third-order valence-corrected chi connectivity index (χ3v) is 4.70. The molecule has 0 saturated heterocycles. The number of H-pyrrole nitrogens is 1. The van der Waals surface area contributed by atoms with E-state index >= 15 is 0 Å². The van der Waals surface area contributed by atoms with Crippen molar-refractivity contribution in [1.82, 2.24) is 15.3 Å². The molecule has 3 nitrogen and oxygen atoms in total. The number of aromatic amines is 1. The largest absolute Gasteiger partial charge is 0.345 e. The summed E-state index contributed by atoms with van der Waals surface area (Å²) in [5.41, 5.74) is 7.25. The molecular formula is C23H23N3. The molecule has 2 N–H and O–H groups in total. The molecule has 0 aliphatic rings. The Morgan fingerprint density at radius 1 is 0.808 bits per heavy atom. The average Bonchev–Trinajstić information content (AvgIpc) is 3.17. The average molecular weight is 341 g/mol. The van der Waals surface area contributed by atoms with Gasteiger partial charge in [-0.1, -0.05) is 60.7 Å². The summed E-state index contributed by atoms with van der Waals surface area (Å²) in [7, 11) is 0. The lowest BCUT2D eigenvalue weighted by molar-refractivity contribution is 0.649. The van der Waals surface area contributed by atoms with E-state index in [2.05, 4.69) is 88.1 Å². The maximum absolute atomic E-state index is 4.27. The Morgan fingerprint density at radius 2 is 1.62 bits per heavy atom. The molecule has 4 rings (SSSR count). The van der Waals surface area contributed by atoms with Crippen LogP contribution in [0.2, 0.25) is 0 Å². The lowest BCUT2D eigenvalue weighted by Crippen LogP contribution is -2.15. The Labute approximate surface area is 154 Å². The van der Waals surface area contributed by atoms with Crippen molar-refractivity contribution in [3.05, 3.63) is 90.3 Å². The number of hydrogen-bond acceptors (Lipinski definition) is 2. The van der Waals surface area contributed by atoms with Gasteiger partial charge in [0.1, 0.15) is 0 Å². The summed E-state index contributed by atoms with van der Waals surface area (Å²) < 4.78 is 0. The molecule has 3 aromatic carbocycles. The van der Waals surface area contributed by atoms with E-state index in [-0.39, 0.29) is 0 Å². The highest BCUT2D eigenvalue weighted by atomic mass is 14.9. The Hall–Kier alpha value is -2.91. The first kappa shape index (κ1) is 16.6. The quantitative estimate of drug-likeness (QED) is 0.467. The van der Waals surface area contributed by atoms with Gasteiger partial charge in [0.15, 0.2) is 0 Å². The van der Waals surface area contributed by atoms with Crippen molar-refractivity contribution in [2.75, 3.05) is 6.54 Å². The van der Waals surface area contributed by atoms with E-state index in [1.165, 1.54) is 22.3 Å². The van der Waals surface area contributed by atoms with Crippen LogP contribution in [0.15, 0.2) is 79.1 Å². The van der Waals surface area contributed by atoms with Crippen LogP contribution in [-0.2, 0) is 13.0 Å². The van der Waals surface area contributed by atoms with Gasteiger partial charge >= 0.3 is 0 Å². The maximum atomic E-state index is 4.27. The number of aryl methyl sites for hydroxylation is 1. The fourth-order valence-corrected chi connectivity index (χ4v) is 3.23. The van der Waals surface area contributed by atoms with Gasteiger partial charge in [-0.05, 0) is 53.8 Å². The highest BCUT2D eigenvalue weighted by Gasteiger charge is 2.02. The van der Waals surface area contributed by atoms with Crippen molar-refractivity contribution in [2.24, 2.45) is 0 Å². The third kappa shape index (κ3) is 4.01. The lowest BCUT2D eigenvalue weighted by atomic mass is 10.0. The van der Waals surface area contributed by atoms with Gasteiger partial charge in [0.2, 0.25) is 0 Å². The minimum Gasteiger partial charge on any atom is -0.345 e. The van der Waals surface area contributed by atoms with Gasteiger partial charge in [-0.25, -0.2) is 4.98 Å². The van der Waals surface area contributed by atoms with Crippen LogP contribution in [0.5, 0.6) is 0 Å². The van der Waals surface area contributed by atoms with Crippen LogP contribution in [0.3, 0.4) is 0 Å². The van der Waals surface area contributed by atoms with Crippen LogP contribution >= 0.6 is 0 Å².